The molecule has 1 atom stereocenters. The molecule has 1 saturated heterocycles. The molecule has 1 heterocycles. The largest absolute Gasteiger partial charge is 0.369 e. The van der Waals surface area contributed by atoms with Crippen molar-refractivity contribution in [2.24, 2.45) is 0 Å². The summed E-state index contributed by atoms with van der Waals surface area (Å²) in [6, 6.07) is 12.5. The summed E-state index contributed by atoms with van der Waals surface area (Å²) in [4.78, 5) is 17.5. The van der Waals surface area contributed by atoms with E-state index in [-0.39, 0.29) is 11.9 Å². The Balaban J connectivity index is 1.62. The number of para-hydroxylation sites is 1. The van der Waals surface area contributed by atoms with E-state index in [1.165, 1.54) is 16.8 Å². The number of piperazine rings is 1. The van der Waals surface area contributed by atoms with Crippen LogP contribution in [0, 0.1) is 27.7 Å². The van der Waals surface area contributed by atoms with E-state index in [1.807, 2.05) is 39.0 Å². The number of rotatable bonds is 4. The minimum atomic E-state index is -0.134. The second-order valence-electron chi connectivity index (χ2n) is 7.67. The van der Waals surface area contributed by atoms with E-state index >= 15 is 0 Å². The summed E-state index contributed by atoms with van der Waals surface area (Å²) in [5.41, 5.74) is 7.17. The highest BCUT2D eigenvalue weighted by Crippen LogP contribution is 2.25. The van der Waals surface area contributed by atoms with Gasteiger partial charge in [-0.25, -0.2) is 0 Å². The highest BCUT2D eigenvalue weighted by Gasteiger charge is 2.26. The van der Waals surface area contributed by atoms with Crippen molar-refractivity contribution in [1.82, 2.24) is 4.90 Å². The number of nitrogens with zero attached hydrogens (tertiary/aromatic N) is 2. The van der Waals surface area contributed by atoms with Crippen molar-refractivity contribution in [3.05, 3.63) is 58.7 Å². The van der Waals surface area contributed by atoms with E-state index in [0.29, 0.717) is 0 Å². The highest BCUT2D eigenvalue weighted by atomic mass is 16.2. The molecule has 4 nitrogen and oxygen atoms in total. The first-order valence-corrected chi connectivity index (χ1v) is 9.80. The van der Waals surface area contributed by atoms with Crippen LogP contribution in [0.5, 0.6) is 0 Å². The lowest BCUT2D eigenvalue weighted by Gasteiger charge is -2.39. The molecule has 1 N–H and O–H groups in total. The summed E-state index contributed by atoms with van der Waals surface area (Å²) in [6.45, 7) is 14.1. The van der Waals surface area contributed by atoms with E-state index in [9.17, 15) is 4.79 Å². The van der Waals surface area contributed by atoms with Crippen molar-refractivity contribution in [2.75, 3.05) is 36.4 Å². The molecule has 0 saturated carbocycles. The van der Waals surface area contributed by atoms with Gasteiger partial charge in [-0.15, -0.1) is 0 Å². The fourth-order valence-electron chi connectivity index (χ4n) is 3.83. The monoisotopic (exact) mass is 365 g/mol. The van der Waals surface area contributed by atoms with Crippen molar-refractivity contribution in [3.8, 4) is 0 Å². The molecule has 0 aliphatic carbocycles. The Morgan fingerprint density at radius 3 is 2.07 bits per heavy atom. The van der Waals surface area contributed by atoms with Crippen LogP contribution in [0.1, 0.15) is 29.2 Å². The Kier molecular flexibility index (Phi) is 5.85. The van der Waals surface area contributed by atoms with Crippen molar-refractivity contribution >= 4 is 17.3 Å². The summed E-state index contributed by atoms with van der Waals surface area (Å²) in [7, 11) is 0. The Bertz CT molecular complexity index is 802. The number of carbonyl (C=O) groups is 1. The summed E-state index contributed by atoms with van der Waals surface area (Å²) in [5.74, 6) is 0.0765. The average Bonchev–Trinajstić information content (AvgIpc) is 2.66. The fraction of sp³-hybridized carbons (Fsp3) is 0.435. The maximum absolute atomic E-state index is 12.8. The third kappa shape index (κ3) is 4.16. The molecule has 0 unspecified atom stereocenters. The van der Waals surface area contributed by atoms with Gasteiger partial charge in [0.15, 0.2) is 0 Å². The zero-order valence-corrected chi connectivity index (χ0v) is 17.2. The van der Waals surface area contributed by atoms with E-state index in [4.69, 9.17) is 0 Å². The predicted molar refractivity (Wildman–Crippen MR) is 114 cm³/mol. The number of benzene rings is 2. The number of carbonyl (C=O) groups excluding carboxylic acids is 1. The van der Waals surface area contributed by atoms with Gasteiger partial charge in [0.05, 0.1) is 6.04 Å². The first kappa shape index (κ1) is 19.4. The van der Waals surface area contributed by atoms with Crippen LogP contribution in [0.2, 0.25) is 0 Å². The number of anilines is 2. The molecule has 0 aromatic heterocycles. The molecular formula is C23H31N3O. The number of nitrogens with one attached hydrogen (secondary N) is 1. The zero-order valence-electron chi connectivity index (χ0n) is 17.2. The third-order valence-electron chi connectivity index (χ3n) is 5.89. The lowest BCUT2D eigenvalue weighted by Crippen LogP contribution is -2.53. The van der Waals surface area contributed by atoms with Crippen molar-refractivity contribution in [1.29, 1.82) is 0 Å². The van der Waals surface area contributed by atoms with Gasteiger partial charge in [-0.05, 0) is 62.9 Å². The van der Waals surface area contributed by atoms with Gasteiger partial charge in [-0.2, -0.15) is 0 Å². The van der Waals surface area contributed by atoms with Crippen molar-refractivity contribution < 1.29 is 4.79 Å². The fourth-order valence-corrected chi connectivity index (χ4v) is 3.83. The molecule has 27 heavy (non-hydrogen) atoms. The zero-order chi connectivity index (χ0) is 19.6. The Hall–Kier alpha value is -2.33. The summed E-state index contributed by atoms with van der Waals surface area (Å²) >= 11 is 0. The lowest BCUT2D eigenvalue weighted by molar-refractivity contribution is -0.120. The molecule has 3 rings (SSSR count). The topological polar surface area (TPSA) is 35.6 Å². The molecule has 1 aliphatic rings. The Morgan fingerprint density at radius 1 is 0.889 bits per heavy atom. The van der Waals surface area contributed by atoms with E-state index < -0.39 is 0 Å². The van der Waals surface area contributed by atoms with Gasteiger partial charge in [-0.3, -0.25) is 9.69 Å². The van der Waals surface area contributed by atoms with Crippen LogP contribution < -0.4 is 10.2 Å². The molecule has 144 valence electrons. The average molecular weight is 366 g/mol. The van der Waals surface area contributed by atoms with Gasteiger partial charge in [-0.1, -0.05) is 30.3 Å². The van der Waals surface area contributed by atoms with Gasteiger partial charge < -0.3 is 10.2 Å². The smallest absolute Gasteiger partial charge is 0.241 e. The van der Waals surface area contributed by atoms with Crippen LogP contribution in [0.25, 0.3) is 0 Å². The minimum Gasteiger partial charge on any atom is -0.369 e. The maximum Gasteiger partial charge on any atom is 0.241 e. The standard InChI is InChI=1S/C23H31N3O/c1-16-8-7-11-21(19(16)4)26-14-12-25(13-15-26)20(5)23(27)24-22-17(2)9-6-10-18(22)3/h6-11,20H,12-15H2,1-5H3,(H,24,27)/t20-/m0/s1. The number of hydrogen-bond acceptors (Lipinski definition) is 3. The number of aryl methyl sites for hydroxylation is 3. The second kappa shape index (κ2) is 8.13. The normalized spacial score (nSPS) is 16.3. The van der Waals surface area contributed by atoms with Crippen molar-refractivity contribution in [2.45, 2.75) is 40.7 Å². The lowest BCUT2D eigenvalue weighted by atomic mass is 10.1. The molecule has 2 aromatic carbocycles. The van der Waals surface area contributed by atoms with E-state index in [2.05, 4.69) is 47.2 Å². The molecule has 0 bridgehead atoms. The van der Waals surface area contributed by atoms with Crippen LogP contribution in [0.4, 0.5) is 11.4 Å². The van der Waals surface area contributed by atoms with Crippen molar-refractivity contribution in [3.63, 3.8) is 0 Å². The van der Waals surface area contributed by atoms with Crippen LogP contribution in [0.15, 0.2) is 36.4 Å². The SMILES string of the molecule is Cc1cccc(N2CCN([C@@H](C)C(=O)Nc3c(C)cccc3C)CC2)c1C. The summed E-state index contributed by atoms with van der Waals surface area (Å²) in [6.07, 6.45) is 0. The molecule has 2 aromatic rings. The van der Waals surface area contributed by atoms with Crippen LogP contribution in [-0.4, -0.2) is 43.0 Å². The molecule has 0 spiro atoms. The molecule has 0 radical (unpaired) electrons. The molecule has 1 fully saturated rings. The Labute approximate surface area is 163 Å². The second-order valence-corrected chi connectivity index (χ2v) is 7.67. The van der Waals surface area contributed by atoms with Crippen LogP contribution in [0.3, 0.4) is 0 Å². The summed E-state index contributed by atoms with van der Waals surface area (Å²) < 4.78 is 0. The first-order valence-electron chi connectivity index (χ1n) is 9.80. The van der Waals surface area contributed by atoms with Gasteiger partial charge >= 0.3 is 0 Å². The number of amides is 1. The third-order valence-corrected chi connectivity index (χ3v) is 5.89. The molecular weight excluding hydrogens is 334 g/mol. The van der Waals surface area contributed by atoms with Gasteiger partial charge in [0, 0.05) is 37.6 Å². The van der Waals surface area contributed by atoms with Crippen LogP contribution in [-0.2, 0) is 4.79 Å². The molecule has 1 amide bonds. The van der Waals surface area contributed by atoms with Gasteiger partial charge in [0.1, 0.15) is 0 Å². The first-order chi connectivity index (χ1) is 12.9. The quantitative estimate of drug-likeness (QED) is 0.887. The van der Waals surface area contributed by atoms with E-state index in [0.717, 1.165) is 43.0 Å². The van der Waals surface area contributed by atoms with Crippen LogP contribution >= 0.6 is 0 Å². The van der Waals surface area contributed by atoms with E-state index in [1.54, 1.807) is 0 Å². The predicted octanol–water partition coefficient (Wildman–Crippen LogP) is 4.07. The number of hydrogen-bond donors (Lipinski definition) is 1. The maximum atomic E-state index is 12.8. The van der Waals surface area contributed by atoms with Gasteiger partial charge in [0.25, 0.3) is 0 Å². The highest BCUT2D eigenvalue weighted by molar-refractivity contribution is 5.95. The summed E-state index contributed by atoms with van der Waals surface area (Å²) in [5, 5.41) is 3.14. The molecule has 1 aliphatic heterocycles. The Morgan fingerprint density at radius 2 is 1.44 bits per heavy atom. The van der Waals surface area contributed by atoms with Gasteiger partial charge in [0.2, 0.25) is 5.91 Å². The molecule has 4 heteroatoms. The minimum absolute atomic E-state index is 0.0765.